The number of nitrogens with zero attached hydrogens (tertiary/aromatic N) is 1. The number of carbonyl (C=O) groups excluding carboxylic acids is 1. The van der Waals surface area contributed by atoms with Crippen molar-refractivity contribution >= 4 is 28.6 Å². The molecule has 0 saturated carbocycles. The summed E-state index contributed by atoms with van der Waals surface area (Å²) in [4.78, 5) is 14.7. The Kier molecular flexibility index (Phi) is 5.16. The maximum Gasteiger partial charge on any atom is 0.310 e. The summed E-state index contributed by atoms with van der Waals surface area (Å²) in [5.74, 6) is -1.66. The minimum atomic E-state index is -2.88. The van der Waals surface area contributed by atoms with E-state index in [1.807, 2.05) is 0 Å². The Bertz CT molecular complexity index is 426. The van der Waals surface area contributed by atoms with Crippen molar-refractivity contribution in [2.45, 2.75) is 19.8 Å². The summed E-state index contributed by atoms with van der Waals surface area (Å²) < 4.78 is 43.5. The second-order valence-corrected chi connectivity index (χ2v) is 4.09. The number of aromatic nitrogens is 1. The van der Waals surface area contributed by atoms with Gasteiger partial charge in [-0.15, -0.1) is 0 Å². The third-order valence-electron chi connectivity index (χ3n) is 1.97. The Labute approximate surface area is 110 Å². The Hall–Kier alpha value is -0.860. The van der Waals surface area contributed by atoms with Gasteiger partial charge in [0.25, 0.3) is 6.43 Å². The Balaban J connectivity index is 3.12. The van der Waals surface area contributed by atoms with Gasteiger partial charge in [-0.2, -0.15) is 0 Å². The van der Waals surface area contributed by atoms with Crippen LogP contribution in [0, 0.1) is 9.52 Å². The molecule has 94 valence electrons. The van der Waals surface area contributed by atoms with Crippen molar-refractivity contribution in [3.8, 4) is 0 Å². The van der Waals surface area contributed by atoms with E-state index in [2.05, 4.69) is 9.72 Å². The van der Waals surface area contributed by atoms with Crippen LogP contribution in [0.1, 0.15) is 24.5 Å². The van der Waals surface area contributed by atoms with Crippen LogP contribution < -0.4 is 0 Å². The van der Waals surface area contributed by atoms with Gasteiger partial charge < -0.3 is 4.74 Å². The van der Waals surface area contributed by atoms with E-state index >= 15 is 0 Å². The van der Waals surface area contributed by atoms with E-state index in [1.54, 1.807) is 29.5 Å². The molecule has 0 fully saturated rings. The van der Waals surface area contributed by atoms with Crippen molar-refractivity contribution in [2.75, 3.05) is 6.61 Å². The van der Waals surface area contributed by atoms with Gasteiger partial charge in [0.2, 0.25) is 0 Å². The second kappa shape index (κ2) is 6.18. The van der Waals surface area contributed by atoms with Crippen LogP contribution in [-0.2, 0) is 16.0 Å². The van der Waals surface area contributed by atoms with Gasteiger partial charge in [0.05, 0.1) is 24.8 Å². The van der Waals surface area contributed by atoms with Crippen molar-refractivity contribution in [3.05, 3.63) is 26.8 Å². The first-order chi connectivity index (χ1) is 7.97. The summed E-state index contributed by atoms with van der Waals surface area (Å²) in [6.07, 6.45) is -2.57. The maximum absolute atomic E-state index is 13.4. The summed E-state index contributed by atoms with van der Waals surface area (Å²) in [6.45, 7) is 1.70. The zero-order valence-corrected chi connectivity index (χ0v) is 11.0. The fourth-order valence-electron chi connectivity index (χ4n) is 1.27. The highest BCUT2D eigenvalue weighted by atomic mass is 127. The lowest BCUT2D eigenvalue weighted by molar-refractivity contribution is -0.142. The topological polar surface area (TPSA) is 39.2 Å². The Morgan fingerprint density at radius 2 is 2.24 bits per heavy atom. The number of alkyl halides is 2. The molecule has 1 aromatic heterocycles. The maximum atomic E-state index is 13.4. The zero-order valence-electron chi connectivity index (χ0n) is 8.84. The zero-order chi connectivity index (χ0) is 13.0. The van der Waals surface area contributed by atoms with Crippen LogP contribution in [0.5, 0.6) is 0 Å². The predicted octanol–water partition coefficient (Wildman–Crippen LogP) is 2.87. The Morgan fingerprint density at radius 1 is 1.59 bits per heavy atom. The molecule has 0 spiro atoms. The number of rotatable bonds is 4. The van der Waals surface area contributed by atoms with E-state index in [4.69, 9.17) is 0 Å². The van der Waals surface area contributed by atoms with Gasteiger partial charge in [-0.3, -0.25) is 4.79 Å². The highest BCUT2D eigenvalue weighted by Gasteiger charge is 2.23. The summed E-state index contributed by atoms with van der Waals surface area (Å²) in [5.41, 5.74) is -0.892. The smallest absolute Gasteiger partial charge is 0.310 e. The molecule has 0 aliphatic heterocycles. The van der Waals surface area contributed by atoms with Crippen LogP contribution >= 0.6 is 22.6 Å². The molecule has 7 heteroatoms. The lowest BCUT2D eigenvalue weighted by atomic mass is 10.1. The monoisotopic (exact) mass is 359 g/mol. The molecule has 0 aliphatic rings. The largest absolute Gasteiger partial charge is 0.466 e. The van der Waals surface area contributed by atoms with E-state index in [1.165, 1.54) is 0 Å². The molecule has 0 aliphatic carbocycles. The second-order valence-electron chi connectivity index (χ2n) is 3.07. The number of pyridine rings is 1. The number of carbonyl (C=O) groups is 1. The molecule has 0 saturated heterocycles. The van der Waals surface area contributed by atoms with Gasteiger partial charge >= 0.3 is 5.97 Å². The standard InChI is InChI=1S/C10H9F3INO2/c1-2-17-7(16)3-5-6(11)4-15-10(14)8(5)9(12)13/h4,9H,2-3H2,1H3. The molecule has 0 atom stereocenters. The predicted molar refractivity (Wildman–Crippen MR) is 62.2 cm³/mol. The van der Waals surface area contributed by atoms with Crippen LogP contribution in [0.2, 0.25) is 0 Å². The molecule has 3 nitrogen and oxygen atoms in total. The third-order valence-corrected chi connectivity index (χ3v) is 2.83. The quantitative estimate of drug-likeness (QED) is 0.472. The van der Waals surface area contributed by atoms with Crippen LogP contribution in [0.3, 0.4) is 0 Å². The molecule has 1 rings (SSSR count). The van der Waals surface area contributed by atoms with Crippen LogP contribution in [-0.4, -0.2) is 17.6 Å². The lowest BCUT2D eigenvalue weighted by Gasteiger charge is -2.10. The first-order valence-electron chi connectivity index (χ1n) is 4.73. The number of esters is 1. The minimum Gasteiger partial charge on any atom is -0.466 e. The molecule has 0 radical (unpaired) electrons. The minimum absolute atomic E-state index is 0.0155. The summed E-state index contributed by atoms with van der Waals surface area (Å²) in [5, 5.41) is 0. The van der Waals surface area contributed by atoms with Crippen LogP contribution in [0.15, 0.2) is 6.20 Å². The number of ether oxygens (including phenoxy) is 1. The summed E-state index contributed by atoms with van der Waals surface area (Å²) >= 11 is 1.58. The van der Waals surface area contributed by atoms with Crippen molar-refractivity contribution in [2.24, 2.45) is 0 Å². The van der Waals surface area contributed by atoms with Crippen molar-refractivity contribution < 1.29 is 22.7 Å². The van der Waals surface area contributed by atoms with Crippen LogP contribution in [0.25, 0.3) is 0 Å². The van der Waals surface area contributed by atoms with Gasteiger partial charge in [0.1, 0.15) is 9.52 Å². The van der Waals surface area contributed by atoms with Gasteiger partial charge in [-0.25, -0.2) is 18.2 Å². The number of hydrogen-bond acceptors (Lipinski definition) is 3. The average Bonchev–Trinajstić information content (AvgIpc) is 2.23. The molecule has 0 bridgehead atoms. The molecular formula is C10H9F3INO2. The van der Waals surface area contributed by atoms with Gasteiger partial charge in [0.15, 0.2) is 0 Å². The fraction of sp³-hybridized carbons (Fsp3) is 0.400. The molecule has 0 N–H and O–H groups in total. The SMILES string of the molecule is CCOC(=O)Cc1c(F)cnc(I)c1C(F)F. The van der Waals surface area contributed by atoms with E-state index in [0.717, 1.165) is 6.20 Å². The van der Waals surface area contributed by atoms with Crippen molar-refractivity contribution in [3.63, 3.8) is 0 Å². The van der Waals surface area contributed by atoms with Crippen molar-refractivity contribution in [1.82, 2.24) is 4.98 Å². The van der Waals surface area contributed by atoms with Crippen LogP contribution in [0.4, 0.5) is 13.2 Å². The summed E-state index contributed by atoms with van der Waals surface area (Å²) in [7, 11) is 0. The first-order valence-corrected chi connectivity index (χ1v) is 5.81. The van der Waals surface area contributed by atoms with E-state index in [0.29, 0.717) is 0 Å². The van der Waals surface area contributed by atoms with E-state index in [9.17, 15) is 18.0 Å². The third kappa shape index (κ3) is 3.55. The Morgan fingerprint density at radius 3 is 2.76 bits per heavy atom. The molecule has 0 aromatic carbocycles. The molecular weight excluding hydrogens is 350 g/mol. The highest BCUT2D eigenvalue weighted by molar-refractivity contribution is 14.1. The highest BCUT2D eigenvalue weighted by Crippen LogP contribution is 2.28. The molecule has 1 aromatic rings. The number of halogens is 4. The van der Waals surface area contributed by atoms with Gasteiger partial charge in [-0.05, 0) is 29.5 Å². The van der Waals surface area contributed by atoms with E-state index < -0.39 is 30.2 Å². The van der Waals surface area contributed by atoms with Gasteiger partial charge in [0, 0.05) is 5.56 Å². The normalized spacial score (nSPS) is 10.7. The van der Waals surface area contributed by atoms with Crippen molar-refractivity contribution in [1.29, 1.82) is 0 Å². The number of hydrogen-bond donors (Lipinski definition) is 0. The average molecular weight is 359 g/mol. The molecule has 1 heterocycles. The first kappa shape index (κ1) is 14.2. The molecule has 17 heavy (non-hydrogen) atoms. The van der Waals surface area contributed by atoms with E-state index in [-0.39, 0.29) is 15.9 Å². The molecule has 0 amide bonds. The fourth-order valence-corrected chi connectivity index (χ4v) is 1.97. The van der Waals surface area contributed by atoms with Gasteiger partial charge in [-0.1, -0.05) is 0 Å². The lowest BCUT2D eigenvalue weighted by Crippen LogP contribution is -2.13. The molecule has 0 unspecified atom stereocenters. The summed E-state index contributed by atoms with van der Waals surface area (Å²) in [6, 6.07) is 0.